The molecule has 0 bridgehead atoms. The third kappa shape index (κ3) is 3.23. The van der Waals surface area contributed by atoms with Crippen molar-refractivity contribution in [3.63, 3.8) is 0 Å². The first kappa shape index (κ1) is 14.7. The van der Waals surface area contributed by atoms with Gasteiger partial charge in [0.1, 0.15) is 5.75 Å². The second kappa shape index (κ2) is 5.73. The van der Waals surface area contributed by atoms with E-state index >= 15 is 0 Å². The van der Waals surface area contributed by atoms with Gasteiger partial charge >= 0.3 is 0 Å². The normalized spacial score (nSPS) is 11.2. The van der Waals surface area contributed by atoms with Gasteiger partial charge in [-0.15, -0.1) is 0 Å². The fraction of sp³-hybridized carbons (Fsp3) is 0.143. The number of ether oxygens (including phenoxy) is 1. The number of hydrogen-bond donors (Lipinski definition) is 1. The molecule has 6 heteroatoms. The Morgan fingerprint density at radius 3 is 2.55 bits per heavy atom. The van der Waals surface area contributed by atoms with Crippen molar-refractivity contribution in [1.29, 1.82) is 0 Å². The van der Waals surface area contributed by atoms with Crippen molar-refractivity contribution >= 4 is 27.3 Å². The predicted molar refractivity (Wildman–Crippen MR) is 80.0 cm³/mol. The van der Waals surface area contributed by atoms with E-state index in [9.17, 15) is 8.42 Å². The first-order chi connectivity index (χ1) is 9.42. The second-order valence-corrected chi connectivity index (χ2v) is 6.34. The predicted octanol–water partition coefficient (Wildman–Crippen LogP) is 3.46. The highest BCUT2D eigenvalue weighted by Gasteiger charge is 2.15. The minimum Gasteiger partial charge on any atom is -0.497 e. The molecule has 0 unspecified atom stereocenters. The summed E-state index contributed by atoms with van der Waals surface area (Å²) < 4.78 is 32.0. The highest BCUT2D eigenvalue weighted by Crippen LogP contribution is 2.24. The highest BCUT2D eigenvalue weighted by molar-refractivity contribution is 7.92. The number of sulfonamides is 1. The minimum absolute atomic E-state index is 0.133. The van der Waals surface area contributed by atoms with Gasteiger partial charge in [-0.3, -0.25) is 4.72 Å². The molecule has 0 aliphatic rings. The Bertz CT molecular complexity index is 729. The Morgan fingerprint density at radius 2 is 1.90 bits per heavy atom. The number of aryl methyl sites for hydroxylation is 1. The molecule has 20 heavy (non-hydrogen) atoms. The standard InChI is InChI=1S/C14H14ClNO3S/c1-10-6-7-11(8-14(10)15)16-20(17,18)13-5-3-4-12(9-13)19-2/h3-9,16H,1-2H3. The topological polar surface area (TPSA) is 55.4 Å². The van der Waals surface area contributed by atoms with Gasteiger partial charge in [0.05, 0.1) is 17.7 Å². The molecule has 4 nitrogen and oxygen atoms in total. The van der Waals surface area contributed by atoms with Gasteiger partial charge in [-0.25, -0.2) is 8.42 Å². The van der Waals surface area contributed by atoms with Crippen molar-refractivity contribution < 1.29 is 13.2 Å². The zero-order chi connectivity index (χ0) is 14.8. The molecule has 0 aromatic heterocycles. The Hall–Kier alpha value is -1.72. The summed E-state index contributed by atoms with van der Waals surface area (Å²) in [5.74, 6) is 0.481. The molecule has 106 valence electrons. The Labute approximate surface area is 123 Å². The molecule has 2 aromatic rings. The van der Waals surface area contributed by atoms with E-state index < -0.39 is 10.0 Å². The third-order valence-electron chi connectivity index (χ3n) is 2.78. The molecule has 2 aromatic carbocycles. The maximum Gasteiger partial charge on any atom is 0.262 e. The number of halogens is 1. The SMILES string of the molecule is COc1cccc(S(=O)(=O)Nc2ccc(C)c(Cl)c2)c1. The van der Waals surface area contributed by atoms with E-state index in [0.29, 0.717) is 16.5 Å². The van der Waals surface area contributed by atoms with Crippen LogP contribution in [0.4, 0.5) is 5.69 Å². The van der Waals surface area contributed by atoms with Crippen LogP contribution in [-0.4, -0.2) is 15.5 Å². The second-order valence-electron chi connectivity index (χ2n) is 4.25. The van der Waals surface area contributed by atoms with E-state index in [4.69, 9.17) is 16.3 Å². The Kier molecular flexibility index (Phi) is 4.20. The summed E-state index contributed by atoms with van der Waals surface area (Å²) in [7, 11) is -2.18. The van der Waals surface area contributed by atoms with E-state index in [1.165, 1.54) is 19.2 Å². The van der Waals surface area contributed by atoms with Crippen molar-refractivity contribution in [3.8, 4) is 5.75 Å². The zero-order valence-electron chi connectivity index (χ0n) is 11.1. The van der Waals surface area contributed by atoms with Crippen LogP contribution in [0.2, 0.25) is 5.02 Å². The van der Waals surface area contributed by atoms with E-state index in [0.717, 1.165) is 5.56 Å². The van der Waals surface area contributed by atoms with Crippen molar-refractivity contribution in [3.05, 3.63) is 53.1 Å². The molecule has 0 aliphatic heterocycles. The molecule has 0 aliphatic carbocycles. The molecule has 0 spiro atoms. The van der Waals surface area contributed by atoms with Crippen LogP contribution in [0, 0.1) is 6.92 Å². The van der Waals surface area contributed by atoms with Gasteiger partial charge in [0.2, 0.25) is 0 Å². The van der Waals surface area contributed by atoms with Crippen LogP contribution in [0.15, 0.2) is 47.4 Å². The molecule has 0 heterocycles. The minimum atomic E-state index is -3.66. The number of rotatable bonds is 4. The maximum atomic E-state index is 12.3. The fourth-order valence-corrected chi connectivity index (χ4v) is 2.90. The summed E-state index contributed by atoms with van der Waals surface area (Å²) in [5, 5.41) is 0.510. The molecule has 0 saturated heterocycles. The maximum absolute atomic E-state index is 12.3. The van der Waals surface area contributed by atoms with Crippen LogP contribution in [0.1, 0.15) is 5.56 Å². The summed E-state index contributed by atoms with van der Waals surface area (Å²) in [6, 6.07) is 11.3. The first-order valence-corrected chi connectivity index (χ1v) is 7.71. The molecule has 1 N–H and O–H groups in total. The van der Waals surface area contributed by atoms with E-state index in [2.05, 4.69) is 4.72 Å². The smallest absolute Gasteiger partial charge is 0.262 e. The molecular weight excluding hydrogens is 298 g/mol. The Morgan fingerprint density at radius 1 is 1.15 bits per heavy atom. The molecule has 0 amide bonds. The van der Waals surface area contributed by atoms with Crippen LogP contribution in [0.5, 0.6) is 5.75 Å². The van der Waals surface area contributed by atoms with Gasteiger partial charge in [-0.05, 0) is 36.8 Å². The Balaban J connectivity index is 2.32. The van der Waals surface area contributed by atoms with E-state index in [1.807, 2.05) is 6.92 Å². The lowest BCUT2D eigenvalue weighted by Gasteiger charge is -2.10. The van der Waals surface area contributed by atoms with Crippen LogP contribution >= 0.6 is 11.6 Å². The molecule has 0 fully saturated rings. The van der Waals surface area contributed by atoms with Crippen molar-refractivity contribution in [2.24, 2.45) is 0 Å². The van der Waals surface area contributed by atoms with Crippen LogP contribution in [0.3, 0.4) is 0 Å². The third-order valence-corrected chi connectivity index (χ3v) is 4.56. The van der Waals surface area contributed by atoms with Crippen LogP contribution in [0.25, 0.3) is 0 Å². The lowest BCUT2D eigenvalue weighted by molar-refractivity contribution is 0.413. The summed E-state index contributed by atoms with van der Waals surface area (Å²) in [5.41, 5.74) is 1.31. The monoisotopic (exact) mass is 311 g/mol. The van der Waals surface area contributed by atoms with E-state index in [1.54, 1.807) is 30.3 Å². The van der Waals surface area contributed by atoms with E-state index in [-0.39, 0.29) is 4.90 Å². The van der Waals surface area contributed by atoms with Crippen molar-refractivity contribution in [2.45, 2.75) is 11.8 Å². The quantitative estimate of drug-likeness (QED) is 0.940. The van der Waals surface area contributed by atoms with Gasteiger partial charge in [-0.1, -0.05) is 23.7 Å². The summed E-state index contributed by atoms with van der Waals surface area (Å²) >= 11 is 5.98. The van der Waals surface area contributed by atoms with Crippen LogP contribution in [-0.2, 0) is 10.0 Å². The number of methoxy groups -OCH3 is 1. The average Bonchev–Trinajstić information content (AvgIpc) is 2.43. The zero-order valence-corrected chi connectivity index (χ0v) is 12.6. The summed E-state index contributed by atoms with van der Waals surface area (Å²) in [6.07, 6.45) is 0. The van der Waals surface area contributed by atoms with Gasteiger partial charge in [0.15, 0.2) is 0 Å². The lowest BCUT2D eigenvalue weighted by atomic mass is 10.2. The highest BCUT2D eigenvalue weighted by atomic mass is 35.5. The average molecular weight is 312 g/mol. The first-order valence-electron chi connectivity index (χ1n) is 5.85. The van der Waals surface area contributed by atoms with Gasteiger partial charge < -0.3 is 4.74 Å². The van der Waals surface area contributed by atoms with Crippen LogP contribution < -0.4 is 9.46 Å². The number of nitrogens with one attached hydrogen (secondary N) is 1. The summed E-state index contributed by atoms with van der Waals surface area (Å²) in [6.45, 7) is 1.85. The molecule has 0 saturated carbocycles. The van der Waals surface area contributed by atoms with Gasteiger partial charge in [0, 0.05) is 11.1 Å². The molecule has 2 rings (SSSR count). The molecule has 0 radical (unpaired) electrons. The largest absolute Gasteiger partial charge is 0.497 e. The summed E-state index contributed by atoms with van der Waals surface area (Å²) in [4.78, 5) is 0.133. The number of hydrogen-bond acceptors (Lipinski definition) is 3. The fourth-order valence-electron chi connectivity index (χ4n) is 1.64. The van der Waals surface area contributed by atoms with Crippen molar-refractivity contribution in [2.75, 3.05) is 11.8 Å². The molecular formula is C14H14ClNO3S. The van der Waals surface area contributed by atoms with Crippen molar-refractivity contribution in [1.82, 2.24) is 0 Å². The van der Waals surface area contributed by atoms with Gasteiger partial charge in [0.25, 0.3) is 10.0 Å². The number of anilines is 1. The van der Waals surface area contributed by atoms with Gasteiger partial charge in [-0.2, -0.15) is 0 Å². The lowest BCUT2D eigenvalue weighted by Crippen LogP contribution is -2.13. The number of benzene rings is 2. The molecule has 0 atom stereocenters.